The van der Waals surface area contributed by atoms with Crippen LogP contribution in [0.2, 0.25) is 0 Å². The molecule has 9 heteroatoms. The van der Waals surface area contributed by atoms with Crippen LogP contribution in [-0.4, -0.2) is 73.4 Å². The van der Waals surface area contributed by atoms with Gasteiger partial charge in [-0.25, -0.2) is 4.57 Å². The van der Waals surface area contributed by atoms with E-state index in [1.807, 2.05) is 27.2 Å². The van der Waals surface area contributed by atoms with Gasteiger partial charge in [0.15, 0.2) is 0 Å². The third-order valence-corrected chi connectivity index (χ3v) is 13.5. The van der Waals surface area contributed by atoms with Crippen LogP contribution >= 0.6 is 7.82 Å². The number of carbonyl (C=O) groups is 1. The molecule has 0 radical (unpaired) electrons. The molecule has 3 unspecified atom stereocenters. The van der Waals surface area contributed by atoms with Crippen LogP contribution in [0.1, 0.15) is 232 Å². The third-order valence-electron chi connectivity index (χ3n) is 12.5. The highest BCUT2D eigenvalue weighted by molar-refractivity contribution is 7.47. The maximum absolute atomic E-state index is 13.0. The summed E-state index contributed by atoms with van der Waals surface area (Å²) >= 11 is 0. The Morgan fingerprint density at radius 2 is 0.833 bits per heavy atom. The average molecular weight is 1020 g/mol. The number of carbonyl (C=O) groups excluding carboxylic acids is 1. The van der Waals surface area contributed by atoms with Gasteiger partial charge in [0.05, 0.1) is 39.9 Å². The second-order valence-electron chi connectivity index (χ2n) is 20.6. The maximum Gasteiger partial charge on any atom is 0.472 e. The van der Waals surface area contributed by atoms with Crippen LogP contribution in [0.25, 0.3) is 0 Å². The van der Waals surface area contributed by atoms with Crippen molar-refractivity contribution >= 4 is 13.7 Å². The second kappa shape index (κ2) is 53.0. The summed E-state index contributed by atoms with van der Waals surface area (Å²) in [5.74, 6) is -0.186. The molecule has 0 saturated heterocycles. The molecule has 0 heterocycles. The molecule has 0 rings (SSSR count). The van der Waals surface area contributed by atoms with Gasteiger partial charge in [-0.2, -0.15) is 0 Å². The van der Waals surface area contributed by atoms with Crippen molar-refractivity contribution in [2.24, 2.45) is 0 Å². The molecule has 8 nitrogen and oxygen atoms in total. The molecule has 3 N–H and O–H groups in total. The summed E-state index contributed by atoms with van der Waals surface area (Å²) in [5, 5.41) is 13.9. The lowest BCUT2D eigenvalue weighted by atomic mass is 10.0. The quantitative estimate of drug-likeness (QED) is 0.0243. The van der Waals surface area contributed by atoms with E-state index in [9.17, 15) is 19.4 Å². The topological polar surface area (TPSA) is 105 Å². The number of likely N-dealkylation sites (N-methyl/N-ethyl adjacent to an activating group) is 1. The predicted molar refractivity (Wildman–Crippen MR) is 313 cm³/mol. The molecule has 0 aromatic heterocycles. The monoisotopic (exact) mass is 1020 g/mol. The fourth-order valence-electron chi connectivity index (χ4n) is 7.94. The van der Waals surface area contributed by atoms with Crippen molar-refractivity contribution < 1.29 is 32.9 Å². The van der Waals surface area contributed by atoms with Gasteiger partial charge in [0, 0.05) is 6.42 Å². The molecule has 0 aliphatic heterocycles. The smallest absolute Gasteiger partial charge is 0.387 e. The summed E-state index contributed by atoms with van der Waals surface area (Å²) in [6, 6.07) is -0.855. The number of amides is 1. The number of quaternary nitrogens is 1. The summed E-state index contributed by atoms with van der Waals surface area (Å²) in [6.07, 6.45) is 77.6. The first kappa shape index (κ1) is 69.2. The Balaban J connectivity index is 4.15. The lowest BCUT2D eigenvalue weighted by molar-refractivity contribution is -0.870. The molecule has 3 atom stereocenters. The van der Waals surface area contributed by atoms with E-state index < -0.39 is 20.0 Å². The molecular formula is C63H112N2O6P+. The van der Waals surface area contributed by atoms with Gasteiger partial charge in [-0.1, -0.05) is 252 Å². The molecule has 414 valence electrons. The summed E-state index contributed by atoms with van der Waals surface area (Å²) in [7, 11) is 1.56. The van der Waals surface area contributed by atoms with Crippen molar-refractivity contribution in [3.8, 4) is 0 Å². The van der Waals surface area contributed by atoms with Crippen LogP contribution in [0, 0.1) is 0 Å². The van der Waals surface area contributed by atoms with Gasteiger partial charge >= 0.3 is 7.82 Å². The first-order valence-corrected chi connectivity index (χ1v) is 30.8. The van der Waals surface area contributed by atoms with Gasteiger partial charge in [-0.05, 0) is 83.5 Å². The molecule has 0 aromatic carbocycles. The summed E-state index contributed by atoms with van der Waals surface area (Å²) < 4.78 is 23.7. The molecule has 0 fully saturated rings. The fraction of sp³-hybridized carbons (Fsp3) is 0.698. The standard InChI is InChI=1S/C63H111N2O6P/c1-6-8-10-12-14-16-18-20-22-23-24-25-26-27-28-29-30-31-32-33-34-35-36-37-38-39-40-41-43-45-47-49-51-53-55-57-63(67)64-61(60-71-72(68,69)70-59-58-65(3,4)5)62(66)56-54-52-50-48-46-44-42-21-19-17-15-13-11-9-7-2/h8,10,14,16,20,22,24-25,27-28,30-31,33-34,36-37,54,56,61-62,66H,6-7,9,11-13,15,17-19,21,23,26,29,32,35,38-53,55,57-60H2,1-5H3,(H-,64,67,68,69)/p+1/b10-8-,16-14-,22-20-,25-24-,28-27-,31-30-,34-33-,37-36-,56-54+. The molecule has 0 aliphatic carbocycles. The Morgan fingerprint density at radius 3 is 1.22 bits per heavy atom. The largest absolute Gasteiger partial charge is 0.472 e. The van der Waals surface area contributed by atoms with Crippen molar-refractivity contribution in [2.75, 3.05) is 40.9 Å². The Kier molecular flexibility index (Phi) is 50.9. The first-order valence-electron chi connectivity index (χ1n) is 29.3. The van der Waals surface area contributed by atoms with Crippen LogP contribution < -0.4 is 5.32 Å². The van der Waals surface area contributed by atoms with Crippen molar-refractivity contribution in [1.82, 2.24) is 5.32 Å². The van der Waals surface area contributed by atoms with Gasteiger partial charge in [-0.3, -0.25) is 13.8 Å². The molecule has 0 aromatic rings. The third kappa shape index (κ3) is 54.9. The van der Waals surface area contributed by atoms with E-state index in [2.05, 4.69) is 116 Å². The van der Waals surface area contributed by atoms with Gasteiger partial charge in [0.25, 0.3) is 0 Å². The zero-order valence-corrected chi connectivity index (χ0v) is 48.0. The number of nitrogens with zero attached hydrogens (tertiary/aromatic N) is 1. The number of phosphoric ester groups is 1. The maximum atomic E-state index is 13.0. The fourth-order valence-corrected chi connectivity index (χ4v) is 8.68. The average Bonchev–Trinajstić information content (AvgIpc) is 3.34. The minimum atomic E-state index is -4.35. The number of unbranched alkanes of at least 4 members (excludes halogenated alkanes) is 23. The van der Waals surface area contributed by atoms with Crippen LogP contribution in [0.15, 0.2) is 109 Å². The number of phosphoric acid groups is 1. The van der Waals surface area contributed by atoms with E-state index in [1.165, 1.54) is 116 Å². The van der Waals surface area contributed by atoms with E-state index >= 15 is 0 Å². The van der Waals surface area contributed by atoms with Crippen molar-refractivity contribution in [3.63, 3.8) is 0 Å². The Morgan fingerprint density at radius 1 is 0.486 bits per heavy atom. The number of aliphatic hydroxyl groups excluding tert-OH is 1. The van der Waals surface area contributed by atoms with Gasteiger partial charge in [0.2, 0.25) is 5.91 Å². The van der Waals surface area contributed by atoms with E-state index in [1.54, 1.807) is 6.08 Å². The van der Waals surface area contributed by atoms with E-state index in [0.717, 1.165) is 96.3 Å². The summed E-state index contributed by atoms with van der Waals surface area (Å²) in [6.45, 7) is 4.69. The van der Waals surface area contributed by atoms with E-state index in [4.69, 9.17) is 9.05 Å². The highest BCUT2D eigenvalue weighted by atomic mass is 31.2. The molecular weight excluding hydrogens is 912 g/mol. The molecule has 0 bridgehead atoms. The number of nitrogens with one attached hydrogen (secondary N) is 1. The molecule has 0 spiro atoms. The summed E-state index contributed by atoms with van der Waals surface area (Å²) in [4.78, 5) is 23.3. The van der Waals surface area contributed by atoms with Crippen molar-refractivity contribution in [1.29, 1.82) is 0 Å². The Labute approximate surface area is 444 Å². The van der Waals surface area contributed by atoms with Crippen LogP contribution in [0.3, 0.4) is 0 Å². The first-order chi connectivity index (χ1) is 35.0. The predicted octanol–water partition coefficient (Wildman–Crippen LogP) is 18.0. The molecule has 0 aliphatic rings. The number of allylic oxidation sites excluding steroid dienone is 17. The SMILES string of the molecule is CC/C=C\C/C=C\C/C=C\C/C=C\C/C=C\C/C=C\C/C=C\C/C=C\CCCCCCCCCCCCC(=O)NC(COP(=O)(O)OCC[N+](C)(C)C)C(O)/C=C/CCCCCCCCCCCCCCC. The van der Waals surface area contributed by atoms with Crippen molar-refractivity contribution in [2.45, 2.75) is 244 Å². The normalized spacial score (nSPS) is 14.7. The highest BCUT2D eigenvalue weighted by Gasteiger charge is 2.27. The number of aliphatic hydroxyl groups is 1. The highest BCUT2D eigenvalue weighted by Crippen LogP contribution is 2.43. The van der Waals surface area contributed by atoms with Crippen LogP contribution in [0.5, 0.6) is 0 Å². The summed E-state index contributed by atoms with van der Waals surface area (Å²) in [5.41, 5.74) is 0. The van der Waals surface area contributed by atoms with Gasteiger partial charge in [-0.15, -0.1) is 0 Å². The van der Waals surface area contributed by atoms with Gasteiger partial charge in [0.1, 0.15) is 13.2 Å². The Hall–Kier alpha value is -2.84. The van der Waals surface area contributed by atoms with Crippen LogP contribution in [-0.2, 0) is 18.4 Å². The zero-order valence-electron chi connectivity index (χ0n) is 47.1. The molecule has 72 heavy (non-hydrogen) atoms. The van der Waals surface area contributed by atoms with Crippen molar-refractivity contribution in [3.05, 3.63) is 109 Å². The molecule has 0 saturated carbocycles. The molecule has 1 amide bonds. The van der Waals surface area contributed by atoms with Gasteiger partial charge < -0.3 is 19.8 Å². The Bertz CT molecular complexity index is 1540. The number of rotatable bonds is 52. The zero-order chi connectivity index (χ0) is 52.7. The number of hydrogen-bond donors (Lipinski definition) is 3. The minimum Gasteiger partial charge on any atom is -0.387 e. The van der Waals surface area contributed by atoms with E-state index in [0.29, 0.717) is 17.4 Å². The number of hydrogen-bond acceptors (Lipinski definition) is 5. The lowest BCUT2D eigenvalue weighted by Crippen LogP contribution is -2.45. The lowest BCUT2D eigenvalue weighted by Gasteiger charge is -2.25. The van der Waals surface area contributed by atoms with E-state index in [-0.39, 0.29) is 19.1 Å². The minimum absolute atomic E-state index is 0.0560. The second-order valence-corrected chi connectivity index (χ2v) is 22.1. The van der Waals surface area contributed by atoms with Crippen LogP contribution in [0.4, 0.5) is 0 Å².